The molecule has 4 rings (SSSR count). The molecule has 31 heavy (non-hydrogen) atoms. The number of carbonyl (C=O) groups is 1. The van der Waals surface area contributed by atoms with E-state index in [0.29, 0.717) is 49.1 Å². The zero-order valence-electron chi connectivity index (χ0n) is 17.6. The van der Waals surface area contributed by atoms with Crippen LogP contribution in [0.15, 0.2) is 52.5 Å². The van der Waals surface area contributed by atoms with Gasteiger partial charge in [-0.3, -0.25) is 4.79 Å². The van der Waals surface area contributed by atoms with Gasteiger partial charge in [0.1, 0.15) is 0 Å². The summed E-state index contributed by atoms with van der Waals surface area (Å²) in [6, 6.07) is 12.6. The van der Waals surface area contributed by atoms with Gasteiger partial charge in [-0.1, -0.05) is 41.6 Å². The van der Waals surface area contributed by atoms with Gasteiger partial charge in [0.2, 0.25) is 10.0 Å². The van der Waals surface area contributed by atoms with Gasteiger partial charge in [0.25, 0.3) is 0 Å². The highest BCUT2D eigenvalue weighted by atomic mass is 32.2. The van der Waals surface area contributed by atoms with Crippen LogP contribution in [-0.4, -0.2) is 60.1 Å². The van der Waals surface area contributed by atoms with E-state index in [1.807, 2.05) is 42.7 Å². The van der Waals surface area contributed by atoms with Crippen molar-refractivity contribution in [3.05, 3.63) is 53.6 Å². The normalized spacial score (nSPS) is 15.4. The summed E-state index contributed by atoms with van der Waals surface area (Å²) in [5.74, 6) is 0.306. The summed E-state index contributed by atoms with van der Waals surface area (Å²) in [6.45, 7) is 6.18. The second-order valence-electron chi connectivity index (χ2n) is 7.38. The van der Waals surface area contributed by atoms with E-state index in [1.165, 1.54) is 16.1 Å². The Balaban J connectivity index is 1.58. The summed E-state index contributed by atoms with van der Waals surface area (Å²) in [5.41, 5.74) is 3.26. The predicted molar refractivity (Wildman–Crippen MR) is 121 cm³/mol. The van der Waals surface area contributed by atoms with Crippen LogP contribution in [-0.2, 0) is 21.3 Å². The summed E-state index contributed by atoms with van der Waals surface area (Å²) in [6.07, 6.45) is 0. The predicted octanol–water partition coefficient (Wildman–Crippen LogP) is 3.36. The zero-order chi connectivity index (χ0) is 22.0. The third kappa shape index (κ3) is 4.55. The van der Waals surface area contributed by atoms with Crippen molar-refractivity contribution in [2.24, 2.45) is 0 Å². The number of thioether (sulfide) groups is 1. The van der Waals surface area contributed by atoms with Gasteiger partial charge in [0.05, 0.1) is 34.9 Å². The Kier molecular flexibility index (Phi) is 6.47. The second kappa shape index (κ2) is 9.12. The minimum absolute atomic E-state index is 0.0373. The van der Waals surface area contributed by atoms with Gasteiger partial charge in [-0.05, 0) is 32.0 Å². The highest BCUT2D eigenvalue weighted by molar-refractivity contribution is 7.99. The van der Waals surface area contributed by atoms with E-state index >= 15 is 0 Å². The zero-order valence-corrected chi connectivity index (χ0v) is 19.2. The minimum Gasteiger partial charge on any atom is -0.379 e. The second-order valence-corrected chi connectivity index (χ2v) is 10.3. The lowest BCUT2D eigenvalue weighted by atomic mass is 10.1. The number of ether oxygens (including phenoxy) is 1. The first-order valence-electron chi connectivity index (χ1n) is 10.2. The number of hydrogen-bond acceptors (Lipinski definition) is 6. The molecule has 2 aromatic carbocycles. The third-order valence-corrected chi connectivity index (χ3v) is 8.19. The number of hydrogen-bond donors (Lipinski definition) is 0. The lowest BCUT2D eigenvalue weighted by Gasteiger charge is -2.26. The number of nitrogens with zero attached hydrogens (tertiary/aromatic N) is 3. The van der Waals surface area contributed by atoms with E-state index in [0.717, 1.165) is 11.1 Å². The van der Waals surface area contributed by atoms with Crippen molar-refractivity contribution in [1.29, 1.82) is 0 Å². The minimum atomic E-state index is -3.59. The van der Waals surface area contributed by atoms with Crippen molar-refractivity contribution >= 4 is 38.6 Å². The number of morpholine rings is 1. The molecule has 0 saturated carbocycles. The maximum absolute atomic E-state index is 13.0. The van der Waals surface area contributed by atoms with Crippen LogP contribution in [0.1, 0.15) is 22.8 Å². The molecule has 1 saturated heterocycles. The SMILES string of the molecule is CCn1c(SCC(=O)c2ccc(C)cc2)nc2cc(S(=O)(=O)N3CCOCC3)ccc21. The average Bonchev–Trinajstić information content (AvgIpc) is 3.15. The van der Waals surface area contributed by atoms with Crippen LogP contribution in [0.5, 0.6) is 0 Å². The van der Waals surface area contributed by atoms with Crippen molar-refractivity contribution in [1.82, 2.24) is 13.9 Å². The summed E-state index contributed by atoms with van der Waals surface area (Å²) in [7, 11) is -3.59. The number of fused-ring (bicyclic) bond motifs is 1. The molecule has 1 aliphatic rings. The molecule has 1 aliphatic heterocycles. The highest BCUT2D eigenvalue weighted by Crippen LogP contribution is 2.28. The Morgan fingerprint density at radius 2 is 1.84 bits per heavy atom. The summed E-state index contributed by atoms with van der Waals surface area (Å²) >= 11 is 1.37. The lowest BCUT2D eigenvalue weighted by Crippen LogP contribution is -2.40. The van der Waals surface area contributed by atoms with Crippen LogP contribution in [0, 0.1) is 6.92 Å². The number of Topliss-reactive ketones (excluding diaryl/α,β-unsaturated/α-hetero) is 1. The van der Waals surface area contributed by atoms with Gasteiger partial charge in [0, 0.05) is 25.2 Å². The van der Waals surface area contributed by atoms with Crippen molar-refractivity contribution in [2.45, 2.75) is 30.4 Å². The van der Waals surface area contributed by atoms with E-state index in [2.05, 4.69) is 4.98 Å². The molecule has 2 heterocycles. The number of aryl methyl sites for hydroxylation is 2. The summed E-state index contributed by atoms with van der Waals surface area (Å²) in [4.78, 5) is 17.4. The number of imidazole rings is 1. The van der Waals surface area contributed by atoms with Crippen LogP contribution in [0.4, 0.5) is 0 Å². The molecule has 7 nitrogen and oxygen atoms in total. The molecule has 0 radical (unpaired) electrons. The number of carbonyl (C=O) groups excluding carboxylic acids is 1. The molecule has 3 aromatic rings. The molecule has 1 fully saturated rings. The third-order valence-electron chi connectivity index (χ3n) is 5.31. The number of sulfonamides is 1. The molecule has 0 spiro atoms. The van der Waals surface area contributed by atoms with Gasteiger partial charge >= 0.3 is 0 Å². The van der Waals surface area contributed by atoms with Crippen molar-refractivity contribution in [3.63, 3.8) is 0 Å². The van der Waals surface area contributed by atoms with Crippen molar-refractivity contribution in [2.75, 3.05) is 32.1 Å². The Labute approximate surface area is 186 Å². The number of aromatic nitrogens is 2. The van der Waals surface area contributed by atoms with Crippen LogP contribution in [0.3, 0.4) is 0 Å². The van der Waals surface area contributed by atoms with E-state index in [1.54, 1.807) is 18.2 Å². The molecule has 0 amide bonds. The quantitative estimate of drug-likeness (QED) is 0.398. The Bertz CT molecular complexity index is 1200. The molecule has 0 aliphatic carbocycles. The van der Waals surface area contributed by atoms with E-state index in [9.17, 15) is 13.2 Å². The largest absolute Gasteiger partial charge is 0.379 e. The van der Waals surface area contributed by atoms with Gasteiger partial charge < -0.3 is 9.30 Å². The lowest BCUT2D eigenvalue weighted by molar-refractivity contribution is 0.0730. The fraction of sp³-hybridized carbons (Fsp3) is 0.364. The van der Waals surface area contributed by atoms with Gasteiger partial charge in [-0.15, -0.1) is 0 Å². The number of ketones is 1. The molecule has 0 atom stereocenters. The molecule has 0 unspecified atom stereocenters. The molecule has 9 heteroatoms. The molecular formula is C22H25N3O4S2. The summed E-state index contributed by atoms with van der Waals surface area (Å²) in [5, 5.41) is 0.707. The van der Waals surface area contributed by atoms with Crippen LogP contribution in [0.2, 0.25) is 0 Å². The topological polar surface area (TPSA) is 81.5 Å². The molecule has 0 N–H and O–H groups in total. The van der Waals surface area contributed by atoms with E-state index in [-0.39, 0.29) is 16.4 Å². The van der Waals surface area contributed by atoms with Crippen molar-refractivity contribution in [3.8, 4) is 0 Å². The monoisotopic (exact) mass is 459 g/mol. The van der Waals surface area contributed by atoms with Gasteiger partial charge in [0.15, 0.2) is 10.9 Å². The first kappa shape index (κ1) is 22.0. The fourth-order valence-corrected chi connectivity index (χ4v) is 5.95. The molecular weight excluding hydrogens is 434 g/mol. The van der Waals surface area contributed by atoms with Crippen molar-refractivity contribution < 1.29 is 17.9 Å². The van der Waals surface area contributed by atoms with Gasteiger partial charge in [-0.2, -0.15) is 4.31 Å². The maximum atomic E-state index is 13.0. The van der Waals surface area contributed by atoms with E-state index < -0.39 is 10.0 Å². The highest BCUT2D eigenvalue weighted by Gasteiger charge is 2.27. The number of benzene rings is 2. The average molecular weight is 460 g/mol. The van der Waals surface area contributed by atoms with Gasteiger partial charge in [-0.25, -0.2) is 13.4 Å². The van der Waals surface area contributed by atoms with Crippen LogP contribution >= 0.6 is 11.8 Å². The molecule has 164 valence electrons. The number of rotatable bonds is 7. The Morgan fingerprint density at radius 3 is 2.52 bits per heavy atom. The first-order chi connectivity index (χ1) is 14.9. The Hall–Kier alpha value is -2.20. The Morgan fingerprint density at radius 1 is 1.13 bits per heavy atom. The first-order valence-corrected chi connectivity index (χ1v) is 12.6. The van der Waals surface area contributed by atoms with Crippen LogP contribution < -0.4 is 0 Å². The fourth-order valence-electron chi connectivity index (χ4n) is 3.55. The van der Waals surface area contributed by atoms with Crippen LogP contribution in [0.25, 0.3) is 11.0 Å². The summed E-state index contributed by atoms with van der Waals surface area (Å²) < 4.78 is 34.7. The maximum Gasteiger partial charge on any atom is 0.243 e. The smallest absolute Gasteiger partial charge is 0.243 e. The standard InChI is InChI=1S/C22H25N3O4S2/c1-3-25-20-9-8-18(31(27,28)24-10-12-29-13-11-24)14-19(20)23-22(25)30-15-21(26)17-6-4-16(2)5-7-17/h4-9,14H,3,10-13,15H2,1-2H3. The molecule has 0 bridgehead atoms. The van der Waals surface area contributed by atoms with E-state index in [4.69, 9.17) is 4.74 Å². The molecule has 1 aromatic heterocycles.